The van der Waals surface area contributed by atoms with Crippen LogP contribution in [0.1, 0.15) is 21.5 Å². The summed E-state index contributed by atoms with van der Waals surface area (Å²) < 4.78 is 147. The molecule has 0 atom stereocenters. The summed E-state index contributed by atoms with van der Waals surface area (Å²) in [5, 5.41) is 0. The van der Waals surface area contributed by atoms with Crippen molar-refractivity contribution in [1.82, 2.24) is 0 Å². The van der Waals surface area contributed by atoms with Gasteiger partial charge in [-0.1, -0.05) is 0 Å². The van der Waals surface area contributed by atoms with Crippen molar-refractivity contribution in [3.05, 3.63) is 64.0 Å². The van der Waals surface area contributed by atoms with E-state index in [1.54, 1.807) is 0 Å². The van der Waals surface area contributed by atoms with Crippen molar-refractivity contribution in [2.24, 2.45) is 0 Å². The van der Waals surface area contributed by atoms with Crippen LogP contribution in [-0.2, 0) is 12.4 Å². The Labute approximate surface area is 147 Å². The molecule has 0 saturated heterocycles. The Morgan fingerprint density at radius 1 is 0.714 bits per heavy atom. The minimum atomic E-state index is -5.41. The average molecular weight is 424 g/mol. The van der Waals surface area contributed by atoms with Gasteiger partial charge in [0.15, 0.2) is 0 Å². The van der Waals surface area contributed by atoms with Crippen molar-refractivity contribution >= 4 is 5.97 Å². The average Bonchev–Trinajstić information content (AvgIpc) is 2.59. The van der Waals surface area contributed by atoms with Gasteiger partial charge in [0, 0.05) is 0 Å². The zero-order valence-electron chi connectivity index (χ0n) is 12.7. The molecule has 2 aromatic carbocycles. The van der Waals surface area contributed by atoms with Crippen LogP contribution in [0.25, 0.3) is 0 Å². The SMILES string of the molecule is O=C(Oc1c(F)c(F)c(F)c(F)c1F)c1cc(C(F)(F)F)ccc1C(F)(F)F. The number of hydrogen-bond acceptors (Lipinski definition) is 2. The maximum Gasteiger partial charge on any atom is 0.417 e. The van der Waals surface area contributed by atoms with Crippen LogP contribution in [0.2, 0.25) is 0 Å². The Balaban J connectivity index is 2.62. The molecule has 0 radical (unpaired) electrons. The van der Waals surface area contributed by atoms with E-state index in [-0.39, 0.29) is 18.2 Å². The summed E-state index contributed by atoms with van der Waals surface area (Å²) in [4.78, 5) is 11.8. The Bertz CT molecular complexity index is 915. The predicted molar refractivity (Wildman–Crippen MR) is 67.6 cm³/mol. The highest BCUT2D eigenvalue weighted by Crippen LogP contribution is 2.37. The first-order valence-corrected chi connectivity index (χ1v) is 6.68. The van der Waals surface area contributed by atoms with Gasteiger partial charge in [0.25, 0.3) is 0 Å². The Morgan fingerprint density at radius 3 is 1.61 bits per heavy atom. The van der Waals surface area contributed by atoms with E-state index in [0.717, 1.165) is 0 Å². The van der Waals surface area contributed by atoms with Crippen LogP contribution in [0.5, 0.6) is 5.75 Å². The molecule has 0 aliphatic carbocycles. The van der Waals surface area contributed by atoms with E-state index in [2.05, 4.69) is 4.74 Å². The van der Waals surface area contributed by atoms with E-state index in [4.69, 9.17) is 0 Å². The zero-order valence-corrected chi connectivity index (χ0v) is 12.7. The van der Waals surface area contributed by atoms with Gasteiger partial charge in [-0.05, 0) is 18.2 Å². The van der Waals surface area contributed by atoms with Gasteiger partial charge in [0.1, 0.15) is 0 Å². The second kappa shape index (κ2) is 6.95. The summed E-state index contributed by atoms with van der Waals surface area (Å²) in [5.41, 5.74) is -5.61. The minimum Gasteiger partial charge on any atom is -0.416 e. The van der Waals surface area contributed by atoms with Gasteiger partial charge in [-0.25, -0.2) is 18.0 Å². The van der Waals surface area contributed by atoms with E-state index in [9.17, 15) is 53.1 Å². The van der Waals surface area contributed by atoms with Crippen molar-refractivity contribution in [3.8, 4) is 5.75 Å². The molecular formula is C15H3F11O2. The fourth-order valence-electron chi connectivity index (χ4n) is 1.96. The van der Waals surface area contributed by atoms with Gasteiger partial charge in [0.2, 0.25) is 34.8 Å². The monoisotopic (exact) mass is 424 g/mol. The van der Waals surface area contributed by atoms with E-state index in [0.29, 0.717) is 0 Å². The van der Waals surface area contributed by atoms with Gasteiger partial charge < -0.3 is 4.74 Å². The quantitative estimate of drug-likeness (QED) is 0.205. The van der Waals surface area contributed by atoms with E-state index in [1.165, 1.54) is 0 Å². The molecule has 0 amide bonds. The largest absolute Gasteiger partial charge is 0.417 e. The number of rotatable bonds is 2. The molecule has 2 nitrogen and oxygen atoms in total. The van der Waals surface area contributed by atoms with E-state index in [1.807, 2.05) is 0 Å². The van der Waals surface area contributed by atoms with E-state index >= 15 is 0 Å². The molecule has 0 unspecified atom stereocenters. The molecule has 0 bridgehead atoms. The third-order valence-corrected chi connectivity index (χ3v) is 3.24. The number of carbonyl (C=O) groups is 1. The highest BCUT2D eigenvalue weighted by molar-refractivity contribution is 5.93. The summed E-state index contributed by atoms with van der Waals surface area (Å²) in [6.07, 6.45) is -10.6. The van der Waals surface area contributed by atoms with Crippen molar-refractivity contribution in [2.75, 3.05) is 0 Å². The Morgan fingerprint density at radius 2 is 1.18 bits per heavy atom. The molecule has 0 N–H and O–H groups in total. The maximum atomic E-state index is 13.5. The number of esters is 1. The zero-order chi connectivity index (χ0) is 21.6. The molecule has 2 rings (SSSR count). The highest BCUT2D eigenvalue weighted by Gasteiger charge is 2.40. The smallest absolute Gasteiger partial charge is 0.416 e. The maximum absolute atomic E-state index is 13.5. The first kappa shape index (κ1) is 21.4. The molecule has 0 saturated carbocycles. The second-order valence-electron chi connectivity index (χ2n) is 5.04. The number of halogens is 11. The standard InChI is InChI=1S/C15H3F11O2/c16-7-8(17)10(19)12(11(20)9(7)18)28-13(27)5-3-4(14(21,22)23)1-2-6(5)15(24,25)26/h1-3H. The lowest BCUT2D eigenvalue weighted by atomic mass is 10.0. The number of ether oxygens (including phenoxy) is 1. The third kappa shape index (κ3) is 3.87. The van der Waals surface area contributed by atoms with Gasteiger partial charge >= 0.3 is 18.3 Å². The fraction of sp³-hybridized carbons (Fsp3) is 0.133. The molecule has 0 aromatic heterocycles. The molecule has 28 heavy (non-hydrogen) atoms. The first-order chi connectivity index (χ1) is 12.7. The Kier molecular flexibility index (Phi) is 5.32. The van der Waals surface area contributed by atoms with Crippen LogP contribution in [0.3, 0.4) is 0 Å². The molecule has 13 heteroatoms. The summed E-state index contributed by atoms with van der Waals surface area (Å²) in [6, 6.07) is -0.521. The van der Waals surface area contributed by atoms with Crippen LogP contribution < -0.4 is 4.74 Å². The lowest BCUT2D eigenvalue weighted by molar-refractivity contribution is -0.141. The lowest BCUT2D eigenvalue weighted by Gasteiger charge is -2.15. The predicted octanol–water partition coefficient (Wildman–Crippen LogP) is 5.64. The molecular weight excluding hydrogens is 421 g/mol. The van der Waals surface area contributed by atoms with Crippen molar-refractivity contribution in [2.45, 2.75) is 12.4 Å². The van der Waals surface area contributed by atoms with Crippen LogP contribution in [0.15, 0.2) is 18.2 Å². The number of hydrogen-bond donors (Lipinski definition) is 0. The molecule has 0 aliphatic heterocycles. The molecule has 0 aliphatic rings. The molecule has 0 spiro atoms. The number of carbonyl (C=O) groups excluding carboxylic acids is 1. The summed E-state index contributed by atoms with van der Waals surface area (Å²) in [7, 11) is 0. The molecule has 2 aromatic rings. The van der Waals surface area contributed by atoms with Gasteiger partial charge in [-0.15, -0.1) is 0 Å². The second-order valence-corrected chi connectivity index (χ2v) is 5.04. The first-order valence-electron chi connectivity index (χ1n) is 6.68. The van der Waals surface area contributed by atoms with Gasteiger partial charge in [0.05, 0.1) is 16.7 Å². The van der Waals surface area contributed by atoms with Crippen molar-refractivity contribution in [3.63, 3.8) is 0 Å². The van der Waals surface area contributed by atoms with Crippen LogP contribution >= 0.6 is 0 Å². The van der Waals surface area contributed by atoms with Gasteiger partial charge in [-0.3, -0.25) is 0 Å². The Hall–Kier alpha value is -2.86. The number of alkyl halides is 6. The summed E-state index contributed by atoms with van der Waals surface area (Å²) >= 11 is 0. The molecule has 0 fully saturated rings. The van der Waals surface area contributed by atoms with Crippen LogP contribution in [0, 0.1) is 29.1 Å². The number of benzene rings is 2. The fourth-order valence-corrected chi connectivity index (χ4v) is 1.96. The van der Waals surface area contributed by atoms with Crippen molar-refractivity contribution < 1.29 is 57.8 Å². The molecule has 152 valence electrons. The van der Waals surface area contributed by atoms with Crippen molar-refractivity contribution in [1.29, 1.82) is 0 Å². The summed E-state index contributed by atoms with van der Waals surface area (Å²) in [6.45, 7) is 0. The van der Waals surface area contributed by atoms with Crippen LogP contribution in [-0.4, -0.2) is 5.97 Å². The molecule has 0 heterocycles. The van der Waals surface area contributed by atoms with Crippen LogP contribution in [0.4, 0.5) is 48.3 Å². The van der Waals surface area contributed by atoms with Gasteiger partial charge in [-0.2, -0.15) is 35.1 Å². The third-order valence-electron chi connectivity index (χ3n) is 3.24. The minimum absolute atomic E-state index is 0.0298. The highest BCUT2D eigenvalue weighted by atomic mass is 19.4. The normalized spacial score (nSPS) is 12.2. The lowest BCUT2D eigenvalue weighted by Crippen LogP contribution is -2.20. The summed E-state index contributed by atoms with van der Waals surface area (Å²) in [5.74, 6) is -17.9. The topological polar surface area (TPSA) is 26.3 Å². The van der Waals surface area contributed by atoms with E-state index < -0.39 is 69.8 Å².